The molecular weight excluding hydrogens is 370 g/mol. The van der Waals surface area contributed by atoms with E-state index in [1.54, 1.807) is 13.0 Å². The van der Waals surface area contributed by atoms with Crippen LogP contribution in [0.25, 0.3) is 11.1 Å². The third-order valence-electron chi connectivity index (χ3n) is 6.10. The summed E-state index contributed by atoms with van der Waals surface area (Å²) in [5.41, 5.74) is 2.35. The maximum Gasteiger partial charge on any atom is 0.201 e. The molecule has 28 heavy (non-hydrogen) atoms. The molecule has 1 aliphatic heterocycles. The molecule has 0 radical (unpaired) electrons. The average Bonchev–Trinajstić information content (AvgIpc) is 2.73. The first-order valence-corrected chi connectivity index (χ1v) is 13.3. The molecule has 2 aromatic rings. The van der Waals surface area contributed by atoms with Crippen molar-refractivity contribution in [1.29, 1.82) is 0 Å². The van der Waals surface area contributed by atoms with Crippen LogP contribution in [0.2, 0.25) is 18.1 Å². The van der Waals surface area contributed by atoms with Crippen LogP contribution in [-0.2, 0) is 0 Å². The number of ether oxygens (including phenoxy) is 1. The van der Waals surface area contributed by atoms with E-state index in [0.717, 1.165) is 0 Å². The van der Waals surface area contributed by atoms with Gasteiger partial charge in [0.1, 0.15) is 0 Å². The summed E-state index contributed by atoms with van der Waals surface area (Å²) in [4.78, 5) is 0. The average molecular weight is 403 g/mol. The van der Waals surface area contributed by atoms with E-state index in [1.165, 1.54) is 61.9 Å². The molecule has 0 spiro atoms. The zero-order valence-corrected chi connectivity index (χ0v) is 18.3. The molecule has 0 aliphatic carbocycles. The first-order chi connectivity index (χ1) is 13.6. The van der Waals surface area contributed by atoms with Crippen LogP contribution in [0, 0.1) is 11.6 Å². The standard InChI is InChI=1S/C24H32F2OSi/c1-3-5-6-15-28-16-13-19(14-17-28)18-7-9-20(10-8-18)21-11-12-22(27-4-2)24(26)23(21)25/h7-12,19,28H,3-6,13-17H2,1-2H3/t19-,28-. The molecule has 0 aromatic heterocycles. The van der Waals surface area contributed by atoms with E-state index in [2.05, 4.69) is 19.1 Å². The molecule has 1 heterocycles. The number of benzene rings is 2. The first-order valence-electron chi connectivity index (χ1n) is 10.8. The molecule has 0 unspecified atom stereocenters. The second-order valence-corrected chi connectivity index (χ2v) is 11.5. The van der Waals surface area contributed by atoms with Gasteiger partial charge >= 0.3 is 0 Å². The zero-order valence-electron chi connectivity index (χ0n) is 17.1. The second-order valence-electron chi connectivity index (χ2n) is 8.01. The van der Waals surface area contributed by atoms with E-state index < -0.39 is 20.4 Å². The lowest BCUT2D eigenvalue weighted by Crippen LogP contribution is -2.20. The topological polar surface area (TPSA) is 9.23 Å². The van der Waals surface area contributed by atoms with Gasteiger partial charge in [0.2, 0.25) is 5.82 Å². The van der Waals surface area contributed by atoms with Gasteiger partial charge in [-0.3, -0.25) is 0 Å². The normalized spacial score (nSPS) is 19.6. The summed E-state index contributed by atoms with van der Waals surface area (Å²) in [6.45, 7) is 4.34. The highest BCUT2D eigenvalue weighted by atomic mass is 28.3. The van der Waals surface area contributed by atoms with Crippen molar-refractivity contribution >= 4 is 8.80 Å². The molecule has 1 saturated heterocycles. The largest absolute Gasteiger partial charge is 0.491 e. The lowest BCUT2D eigenvalue weighted by atomic mass is 9.92. The molecular formula is C24H32F2OSi. The van der Waals surface area contributed by atoms with Crippen molar-refractivity contribution in [3.05, 3.63) is 53.6 Å². The minimum Gasteiger partial charge on any atom is -0.491 e. The van der Waals surface area contributed by atoms with Crippen LogP contribution >= 0.6 is 0 Å². The summed E-state index contributed by atoms with van der Waals surface area (Å²) in [6.07, 6.45) is 6.73. The lowest BCUT2D eigenvalue weighted by molar-refractivity contribution is 0.314. The van der Waals surface area contributed by atoms with E-state index in [-0.39, 0.29) is 5.75 Å². The Hall–Kier alpha value is -1.68. The van der Waals surface area contributed by atoms with Gasteiger partial charge in [0.15, 0.2) is 11.6 Å². The smallest absolute Gasteiger partial charge is 0.201 e. The van der Waals surface area contributed by atoms with Crippen LogP contribution < -0.4 is 4.74 Å². The fourth-order valence-electron chi connectivity index (χ4n) is 4.42. The highest BCUT2D eigenvalue weighted by Crippen LogP contribution is 2.36. The van der Waals surface area contributed by atoms with Crippen molar-refractivity contribution in [2.45, 2.75) is 70.0 Å². The first kappa shape index (κ1) is 21.0. The predicted octanol–water partition coefficient (Wildman–Crippen LogP) is 7.33. The van der Waals surface area contributed by atoms with Gasteiger partial charge in [0.05, 0.1) is 6.61 Å². The lowest BCUT2D eigenvalue weighted by Gasteiger charge is -2.28. The highest BCUT2D eigenvalue weighted by Gasteiger charge is 2.23. The summed E-state index contributed by atoms with van der Waals surface area (Å²) >= 11 is 0. The van der Waals surface area contributed by atoms with Crippen molar-refractivity contribution in [3.63, 3.8) is 0 Å². The molecule has 0 bridgehead atoms. The molecule has 0 saturated carbocycles. The van der Waals surface area contributed by atoms with Crippen LogP contribution in [0.4, 0.5) is 8.78 Å². The zero-order chi connectivity index (χ0) is 19.9. The Balaban J connectivity index is 1.64. The van der Waals surface area contributed by atoms with Gasteiger partial charge in [-0.1, -0.05) is 68.6 Å². The fourth-order valence-corrected chi connectivity index (χ4v) is 7.90. The van der Waals surface area contributed by atoms with Crippen molar-refractivity contribution in [2.24, 2.45) is 0 Å². The molecule has 152 valence electrons. The highest BCUT2D eigenvalue weighted by molar-refractivity contribution is 6.59. The fraction of sp³-hybridized carbons (Fsp3) is 0.500. The Bertz CT molecular complexity index is 752. The van der Waals surface area contributed by atoms with Crippen molar-refractivity contribution in [2.75, 3.05) is 6.61 Å². The molecule has 0 atom stereocenters. The van der Waals surface area contributed by atoms with Crippen LogP contribution in [0.1, 0.15) is 57.4 Å². The van der Waals surface area contributed by atoms with Crippen molar-refractivity contribution < 1.29 is 13.5 Å². The minimum absolute atomic E-state index is 0.0276. The van der Waals surface area contributed by atoms with Gasteiger partial charge in [-0.05, 0) is 48.9 Å². The minimum atomic E-state index is -0.908. The third kappa shape index (κ3) is 5.02. The number of rotatable bonds is 8. The van der Waals surface area contributed by atoms with Crippen LogP contribution in [0.15, 0.2) is 36.4 Å². The maximum absolute atomic E-state index is 14.4. The molecule has 1 fully saturated rings. The van der Waals surface area contributed by atoms with E-state index in [4.69, 9.17) is 4.74 Å². The Morgan fingerprint density at radius 3 is 2.29 bits per heavy atom. The van der Waals surface area contributed by atoms with Gasteiger partial charge in [0, 0.05) is 14.4 Å². The van der Waals surface area contributed by atoms with E-state index >= 15 is 0 Å². The van der Waals surface area contributed by atoms with E-state index in [9.17, 15) is 8.78 Å². The molecule has 0 N–H and O–H groups in total. The summed E-state index contributed by atoms with van der Waals surface area (Å²) < 4.78 is 33.7. The summed E-state index contributed by atoms with van der Waals surface area (Å²) in [6, 6.07) is 15.6. The Kier molecular flexibility index (Phi) is 7.66. The number of halogens is 2. The van der Waals surface area contributed by atoms with Gasteiger partial charge in [0.25, 0.3) is 0 Å². The van der Waals surface area contributed by atoms with Gasteiger partial charge in [-0.2, -0.15) is 4.39 Å². The Morgan fingerprint density at radius 2 is 1.64 bits per heavy atom. The molecule has 1 nitrogen and oxygen atoms in total. The molecule has 4 heteroatoms. The number of hydrogen-bond donors (Lipinski definition) is 0. The summed E-state index contributed by atoms with van der Waals surface area (Å²) in [5.74, 6) is -1.14. The Morgan fingerprint density at radius 1 is 0.929 bits per heavy atom. The second kappa shape index (κ2) is 10.2. The molecule has 2 aromatic carbocycles. The van der Waals surface area contributed by atoms with Gasteiger partial charge in [-0.15, -0.1) is 0 Å². The van der Waals surface area contributed by atoms with E-state index in [0.29, 0.717) is 23.7 Å². The third-order valence-corrected chi connectivity index (χ3v) is 9.63. The monoisotopic (exact) mass is 402 g/mol. The van der Waals surface area contributed by atoms with Crippen LogP contribution in [0.3, 0.4) is 0 Å². The predicted molar refractivity (Wildman–Crippen MR) is 116 cm³/mol. The van der Waals surface area contributed by atoms with Crippen LogP contribution in [-0.4, -0.2) is 15.4 Å². The quantitative estimate of drug-likeness (QED) is 0.332. The van der Waals surface area contributed by atoms with Crippen molar-refractivity contribution in [3.8, 4) is 16.9 Å². The van der Waals surface area contributed by atoms with Gasteiger partial charge in [-0.25, -0.2) is 4.39 Å². The SMILES string of the molecule is CCCCC[Si@H]1CC[C@H](c2ccc(-c3ccc(OCC)c(F)c3F)cc2)CC1. The van der Waals surface area contributed by atoms with Crippen molar-refractivity contribution in [1.82, 2.24) is 0 Å². The van der Waals surface area contributed by atoms with Crippen LogP contribution in [0.5, 0.6) is 5.75 Å². The molecule has 1 aliphatic rings. The maximum atomic E-state index is 14.4. The van der Waals surface area contributed by atoms with Gasteiger partial charge < -0.3 is 4.74 Å². The number of unbranched alkanes of at least 4 members (excludes halogenated alkanes) is 2. The summed E-state index contributed by atoms with van der Waals surface area (Å²) in [5, 5.41) is 0. The Labute approximate surface area is 169 Å². The number of hydrogen-bond acceptors (Lipinski definition) is 1. The van der Waals surface area contributed by atoms with E-state index in [1.807, 2.05) is 12.1 Å². The summed E-state index contributed by atoms with van der Waals surface area (Å²) in [7, 11) is -0.505. The molecule has 3 rings (SSSR count). The molecule has 0 amide bonds.